The molecule has 4 aliphatic heterocycles. The number of rotatable bonds is 15. The Bertz CT molecular complexity index is 1710. The van der Waals surface area contributed by atoms with Crippen LogP contribution in [0.5, 0.6) is 0 Å². The number of carbonyl (C=O) groups is 3. The zero-order valence-electron chi connectivity index (χ0n) is 33.0. The van der Waals surface area contributed by atoms with Crippen LogP contribution in [-0.2, 0) is 54.2 Å². The van der Waals surface area contributed by atoms with Gasteiger partial charge in [0.2, 0.25) is 5.91 Å². The summed E-state index contributed by atoms with van der Waals surface area (Å²) < 4.78 is 36.3. The second kappa shape index (κ2) is 16.1. The zero-order chi connectivity index (χ0) is 41.1. The molecule has 58 heavy (non-hydrogen) atoms. The fourth-order valence-corrected chi connectivity index (χ4v) is 9.39. The van der Waals surface area contributed by atoms with E-state index in [9.17, 15) is 39.9 Å². The molecule has 0 aromatic heterocycles. The summed E-state index contributed by atoms with van der Waals surface area (Å²) in [5.74, 6) is -1.97. The van der Waals surface area contributed by atoms with E-state index in [1.807, 2.05) is 24.3 Å². The van der Waals surface area contributed by atoms with Gasteiger partial charge in [-0.15, -0.1) is 0 Å². The first-order chi connectivity index (χ1) is 27.7. The van der Waals surface area contributed by atoms with Crippen LogP contribution in [0.3, 0.4) is 0 Å². The van der Waals surface area contributed by atoms with Crippen molar-refractivity contribution in [2.24, 2.45) is 17.3 Å². The third-order valence-electron chi connectivity index (χ3n) is 12.4. The van der Waals surface area contributed by atoms with Gasteiger partial charge in [0, 0.05) is 24.7 Å². The zero-order valence-corrected chi connectivity index (χ0v) is 33.0. The van der Waals surface area contributed by atoms with Gasteiger partial charge in [-0.05, 0) is 64.0 Å². The number of fused-ring (bicyclic) bond motifs is 4. The number of aliphatic hydroxyl groups is 5. The number of ether oxygens (including phenoxy) is 6. The number of nitrogens with one attached hydrogen (secondary N) is 1. The van der Waals surface area contributed by atoms with E-state index in [2.05, 4.69) is 5.32 Å². The number of carbonyl (C=O) groups excluding carboxylic acids is 3. The summed E-state index contributed by atoms with van der Waals surface area (Å²) in [5, 5.41) is 54.7. The van der Waals surface area contributed by atoms with Crippen LogP contribution in [-0.4, -0.2) is 147 Å². The lowest BCUT2D eigenvalue weighted by Gasteiger charge is -2.49. The van der Waals surface area contributed by atoms with Gasteiger partial charge in [-0.2, -0.15) is 5.06 Å². The molecule has 1 amide bonds. The van der Waals surface area contributed by atoms with Crippen LogP contribution in [0.25, 0.3) is 6.08 Å². The highest BCUT2D eigenvalue weighted by Gasteiger charge is 2.78. The minimum atomic E-state index is -1.55. The summed E-state index contributed by atoms with van der Waals surface area (Å²) in [6, 6.07) is 5.45. The summed E-state index contributed by atoms with van der Waals surface area (Å²) in [7, 11) is 0. The van der Waals surface area contributed by atoms with E-state index < -0.39 is 115 Å². The molecule has 1 aromatic carbocycles. The number of aliphatic hydroxyl groups excluding tert-OH is 5. The second-order valence-electron chi connectivity index (χ2n) is 17.8. The molecule has 2 bridgehead atoms. The van der Waals surface area contributed by atoms with Crippen molar-refractivity contribution in [3.63, 3.8) is 0 Å². The van der Waals surface area contributed by atoms with Crippen LogP contribution < -0.4 is 5.32 Å². The molecule has 8 rings (SSSR count). The molecule has 12 atom stereocenters. The monoisotopic (exact) mass is 816 g/mol. The molecule has 3 saturated carbocycles. The number of hydrogen-bond donors (Lipinski definition) is 6. The Morgan fingerprint density at radius 1 is 1.03 bits per heavy atom. The molecule has 0 spiro atoms. The molecule has 17 nitrogen and oxygen atoms in total. The first-order valence-corrected chi connectivity index (χ1v) is 20.5. The van der Waals surface area contributed by atoms with Gasteiger partial charge in [0.05, 0.1) is 32.4 Å². The van der Waals surface area contributed by atoms with E-state index in [1.165, 1.54) is 5.06 Å². The van der Waals surface area contributed by atoms with E-state index in [0.29, 0.717) is 0 Å². The number of benzene rings is 1. The lowest BCUT2D eigenvalue weighted by Crippen LogP contribution is -2.70. The Balaban J connectivity index is 1.01. The summed E-state index contributed by atoms with van der Waals surface area (Å²) in [6.45, 7) is 4.35. The predicted molar refractivity (Wildman–Crippen MR) is 198 cm³/mol. The molecular weight excluding hydrogens is 760 g/mol. The molecule has 12 unspecified atom stereocenters. The van der Waals surface area contributed by atoms with Crippen molar-refractivity contribution in [2.45, 2.75) is 151 Å². The summed E-state index contributed by atoms with van der Waals surface area (Å²) >= 11 is 0. The number of hydroxylamine groups is 2. The Morgan fingerprint density at radius 3 is 2.43 bits per heavy atom. The van der Waals surface area contributed by atoms with Gasteiger partial charge in [0.15, 0.2) is 18.1 Å². The first-order valence-electron chi connectivity index (χ1n) is 20.5. The van der Waals surface area contributed by atoms with Crippen LogP contribution in [0.15, 0.2) is 30.3 Å². The van der Waals surface area contributed by atoms with Gasteiger partial charge in [0.1, 0.15) is 59.8 Å². The lowest BCUT2D eigenvalue weighted by atomic mass is 9.62. The van der Waals surface area contributed by atoms with Crippen molar-refractivity contribution in [1.29, 1.82) is 0 Å². The Morgan fingerprint density at radius 2 is 1.76 bits per heavy atom. The van der Waals surface area contributed by atoms with Crippen LogP contribution in [0.2, 0.25) is 0 Å². The molecule has 4 heterocycles. The Hall–Kier alpha value is -3.07. The third kappa shape index (κ3) is 7.84. The van der Waals surface area contributed by atoms with E-state index in [1.54, 1.807) is 32.9 Å². The third-order valence-corrected chi connectivity index (χ3v) is 12.4. The molecule has 1 aromatic rings. The van der Waals surface area contributed by atoms with Gasteiger partial charge in [0.25, 0.3) is 0 Å². The van der Waals surface area contributed by atoms with Crippen molar-refractivity contribution in [3.05, 3.63) is 41.5 Å². The maximum atomic E-state index is 14.8. The number of nitrogens with zero attached hydrogens (tertiary/aromatic N) is 1. The largest absolute Gasteiger partial charge is 0.460 e. The minimum Gasteiger partial charge on any atom is -0.460 e. The second-order valence-corrected chi connectivity index (χ2v) is 17.8. The van der Waals surface area contributed by atoms with Gasteiger partial charge in [-0.1, -0.05) is 36.4 Å². The molecule has 7 fully saturated rings. The molecule has 7 aliphatic rings. The number of esters is 2. The highest BCUT2D eigenvalue weighted by molar-refractivity contribution is 5.93. The van der Waals surface area contributed by atoms with Crippen LogP contribution in [0.1, 0.15) is 76.8 Å². The van der Waals surface area contributed by atoms with Gasteiger partial charge < -0.3 is 59.3 Å². The van der Waals surface area contributed by atoms with E-state index in [-0.39, 0.29) is 44.2 Å². The average Bonchev–Trinajstić information content (AvgIpc) is 4.13. The molecule has 0 radical (unpaired) electrons. The smallest absolute Gasteiger partial charge is 0.327 e. The topological polar surface area (TPSA) is 232 Å². The quantitative estimate of drug-likeness (QED) is 0.130. The SMILES string of the molecule is CC(C)(C)OC(=O)CCC(CO)NC(=O)C12CC3OC(=O)C1N(Cc1cccc(C=CCOC4OC(CO)C(O)C(O)C4O)c1)OC2C1OC(C2CC2)(C2CC2)OC31. The molecule has 320 valence electrons. The molecule has 3 aliphatic carbocycles. The fraction of sp³-hybridized carbons (Fsp3) is 0.732. The Kier molecular flexibility index (Phi) is 11.5. The standard InChI is InChI=1S/C41H56N2O15/c1-39(2,3)55-28(46)14-13-25(19-44)42-38(51)40-17-26-32-33(57-41(56-32,23-9-10-23)24-11-12-24)35(40)58-43(34(40)36(50)53-26)18-22-7-4-6-21(16-22)8-5-15-52-37-31(49)30(48)29(47)27(20-45)54-37/h4-8,16,23-27,29-35,37,44-45,47-49H,9-15,17-20H2,1-3H3,(H,42,51). The summed E-state index contributed by atoms with van der Waals surface area (Å²) in [6.07, 6.45) is -2.44. The highest BCUT2D eigenvalue weighted by atomic mass is 16.8. The molecular formula is C41H56N2O15. The van der Waals surface area contributed by atoms with Crippen LogP contribution in [0.4, 0.5) is 0 Å². The Labute approximate surface area is 336 Å². The average molecular weight is 817 g/mol. The van der Waals surface area contributed by atoms with Crippen molar-refractivity contribution in [3.8, 4) is 0 Å². The number of amides is 1. The maximum absolute atomic E-state index is 14.8. The van der Waals surface area contributed by atoms with Gasteiger partial charge in [-0.3, -0.25) is 19.2 Å². The minimum absolute atomic E-state index is 0.0308. The summed E-state index contributed by atoms with van der Waals surface area (Å²) in [4.78, 5) is 48.2. The van der Waals surface area contributed by atoms with Crippen molar-refractivity contribution < 1.29 is 73.2 Å². The number of hydrogen-bond acceptors (Lipinski definition) is 16. The predicted octanol–water partition coefficient (Wildman–Crippen LogP) is 0.216. The van der Waals surface area contributed by atoms with Crippen molar-refractivity contribution in [2.75, 3.05) is 19.8 Å². The van der Waals surface area contributed by atoms with Crippen molar-refractivity contribution in [1.82, 2.24) is 10.4 Å². The normalized spacial score (nSPS) is 37.3. The summed E-state index contributed by atoms with van der Waals surface area (Å²) in [5.41, 5.74) is -0.651. The van der Waals surface area contributed by atoms with Gasteiger partial charge >= 0.3 is 11.9 Å². The van der Waals surface area contributed by atoms with E-state index in [4.69, 9.17) is 33.3 Å². The lowest BCUT2D eigenvalue weighted by molar-refractivity contribution is -0.298. The van der Waals surface area contributed by atoms with Crippen molar-refractivity contribution >= 4 is 23.9 Å². The van der Waals surface area contributed by atoms with Gasteiger partial charge in [-0.25, -0.2) is 0 Å². The molecule has 4 saturated heterocycles. The fourth-order valence-electron chi connectivity index (χ4n) is 9.39. The molecule has 6 N–H and O–H groups in total. The van der Waals surface area contributed by atoms with Crippen LogP contribution >= 0.6 is 0 Å². The highest BCUT2D eigenvalue weighted by Crippen LogP contribution is 2.63. The first kappa shape index (κ1) is 41.7. The van der Waals surface area contributed by atoms with Crippen LogP contribution in [0, 0.1) is 17.3 Å². The van der Waals surface area contributed by atoms with E-state index in [0.717, 1.165) is 36.8 Å². The molecule has 17 heteroatoms. The van der Waals surface area contributed by atoms with E-state index >= 15 is 0 Å². The maximum Gasteiger partial charge on any atom is 0.327 e.